The topological polar surface area (TPSA) is 118 Å². The summed E-state index contributed by atoms with van der Waals surface area (Å²) >= 11 is 14.2. The smallest absolute Gasteiger partial charge is 0.338 e. The number of anilines is 3. The van der Waals surface area contributed by atoms with Crippen LogP contribution in [0.2, 0.25) is 10.0 Å². The Hall–Kier alpha value is -4.10. The fraction of sp³-hybridized carbons (Fsp3) is 0.242. The molecule has 3 amide bonds. The van der Waals surface area contributed by atoms with Gasteiger partial charge in [-0.05, 0) is 67.1 Å². The van der Waals surface area contributed by atoms with E-state index in [2.05, 4.69) is 5.32 Å². The van der Waals surface area contributed by atoms with E-state index >= 15 is 0 Å². The number of thioether (sulfide) groups is 1. The number of aromatic nitrogens is 1. The molecule has 1 N–H and O–H groups in total. The van der Waals surface area contributed by atoms with Gasteiger partial charge < -0.3 is 15.0 Å². The average molecular weight is 712 g/mol. The van der Waals surface area contributed by atoms with Gasteiger partial charge >= 0.3 is 10.8 Å². The van der Waals surface area contributed by atoms with Gasteiger partial charge in [-0.2, -0.15) is 0 Å². The third kappa shape index (κ3) is 6.18. The predicted octanol–water partition coefficient (Wildman–Crippen LogP) is 5.89. The molecule has 1 saturated heterocycles. The van der Waals surface area contributed by atoms with Crippen LogP contribution in [0.15, 0.2) is 76.6 Å². The zero-order chi connectivity index (χ0) is 33.6. The van der Waals surface area contributed by atoms with E-state index < -0.39 is 40.8 Å². The third-order valence-corrected chi connectivity index (χ3v) is 11.3. The highest BCUT2D eigenvalue weighted by Crippen LogP contribution is 2.54. The standard InChI is InChI=1S/C33H28Cl2N4O6S2/c1-4-45-32(43)18-7-12-21(13-8-18)39-29(41)26-25(17-5-10-20(11-6-17)37(2)3)28-31(46-27(26)30(39)42)38(33(44)47-28)16-24(40)36-19-9-14-22(34)23(35)15-19/h5-15,25-27H,4,16H2,1-3H3,(H,36,40). The molecule has 6 rings (SSSR count). The number of imide groups is 1. The van der Waals surface area contributed by atoms with Crippen molar-refractivity contribution in [3.63, 3.8) is 0 Å². The molecule has 47 heavy (non-hydrogen) atoms. The fourth-order valence-corrected chi connectivity index (χ4v) is 8.80. The summed E-state index contributed by atoms with van der Waals surface area (Å²) in [5.74, 6) is -3.27. The van der Waals surface area contributed by atoms with Crippen LogP contribution in [-0.2, 0) is 25.7 Å². The SMILES string of the molecule is CCOC(=O)c1ccc(N2C(=O)C3Sc4c(sc(=O)n4CC(=O)Nc4ccc(Cl)c(Cl)c4)C(c4ccc(N(C)C)cc4)C3C2=O)cc1. The van der Waals surface area contributed by atoms with Gasteiger partial charge in [-0.3, -0.25) is 23.7 Å². The first kappa shape index (κ1) is 32.8. The Morgan fingerprint density at radius 2 is 1.64 bits per heavy atom. The quantitative estimate of drug-likeness (QED) is 0.178. The molecule has 2 aliphatic rings. The highest BCUT2D eigenvalue weighted by Gasteiger charge is 2.56. The monoisotopic (exact) mass is 710 g/mol. The first-order chi connectivity index (χ1) is 22.5. The van der Waals surface area contributed by atoms with Crippen molar-refractivity contribution in [1.82, 2.24) is 4.57 Å². The molecule has 2 aliphatic heterocycles. The minimum Gasteiger partial charge on any atom is -0.462 e. The van der Waals surface area contributed by atoms with E-state index in [1.165, 1.54) is 22.8 Å². The summed E-state index contributed by atoms with van der Waals surface area (Å²) in [5, 5.41) is 2.94. The van der Waals surface area contributed by atoms with Crippen LogP contribution in [0.4, 0.5) is 17.1 Å². The van der Waals surface area contributed by atoms with Crippen LogP contribution in [0, 0.1) is 5.92 Å². The number of fused-ring (bicyclic) bond motifs is 2. The zero-order valence-electron chi connectivity index (χ0n) is 25.4. The normalized spacial score (nSPS) is 18.5. The summed E-state index contributed by atoms with van der Waals surface area (Å²) in [5.41, 5.74) is 2.74. The molecule has 1 fully saturated rings. The lowest BCUT2D eigenvalue weighted by molar-refractivity contribution is -0.122. The maximum Gasteiger partial charge on any atom is 0.338 e. The molecule has 242 valence electrons. The van der Waals surface area contributed by atoms with Gasteiger partial charge in [0.15, 0.2) is 0 Å². The molecule has 10 nitrogen and oxygen atoms in total. The van der Waals surface area contributed by atoms with Crippen LogP contribution < -0.4 is 20.0 Å². The van der Waals surface area contributed by atoms with E-state index in [9.17, 15) is 24.0 Å². The molecule has 0 bridgehead atoms. The van der Waals surface area contributed by atoms with Crippen LogP contribution >= 0.6 is 46.3 Å². The third-order valence-electron chi connectivity index (χ3n) is 7.96. The van der Waals surface area contributed by atoms with Gasteiger partial charge in [-0.25, -0.2) is 9.69 Å². The fourth-order valence-electron chi connectivity index (χ4n) is 5.73. The molecule has 4 aromatic rings. The second-order valence-corrected chi connectivity index (χ2v) is 14.0. The van der Waals surface area contributed by atoms with Gasteiger partial charge in [-0.15, -0.1) is 0 Å². The number of hydrogen-bond acceptors (Lipinski definition) is 9. The van der Waals surface area contributed by atoms with Gasteiger partial charge in [0.1, 0.15) is 11.8 Å². The molecule has 3 unspecified atom stereocenters. The number of amides is 3. The van der Waals surface area contributed by atoms with Crippen molar-refractivity contribution in [2.75, 3.05) is 35.8 Å². The second kappa shape index (κ2) is 13.2. The first-order valence-electron chi connectivity index (χ1n) is 14.6. The van der Waals surface area contributed by atoms with Crippen molar-refractivity contribution in [2.24, 2.45) is 5.92 Å². The Morgan fingerprint density at radius 3 is 2.28 bits per heavy atom. The largest absolute Gasteiger partial charge is 0.462 e. The van der Waals surface area contributed by atoms with Crippen LogP contribution in [0.25, 0.3) is 0 Å². The lowest BCUT2D eigenvalue weighted by Crippen LogP contribution is -2.33. The molecule has 0 aliphatic carbocycles. The number of ether oxygens (including phenoxy) is 1. The summed E-state index contributed by atoms with van der Waals surface area (Å²) < 4.78 is 6.41. The van der Waals surface area contributed by atoms with Crippen molar-refractivity contribution in [3.05, 3.63) is 102 Å². The van der Waals surface area contributed by atoms with Crippen molar-refractivity contribution < 1.29 is 23.9 Å². The minimum atomic E-state index is -0.864. The summed E-state index contributed by atoms with van der Waals surface area (Å²) in [6, 6.07) is 18.4. The van der Waals surface area contributed by atoms with Gasteiger partial charge in [-0.1, -0.05) is 58.4 Å². The van der Waals surface area contributed by atoms with E-state index in [4.69, 9.17) is 27.9 Å². The Kier molecular flexibility index (Phi) is 9.21. The molecular weight excluding hydrogens is 683 g/mol. The molecule has 0 saturated carbocycles. The Bertz CT molecular complexity index is 1960. The molecule has 0 spiro atoms. The van der Waals surface area contributed by atoms with Crippen LogP contribution in [0.1, 0.15) is 33.6 Å². The number of benzene rings is 3. The Labute approximate surface area is 288 Å². The number of nitrogens with one attached hydrogen (secondary N) is 1. The first-order valence-corrected chi connectivity index (χ1v) is 17.0. The van der Waals surface area contributed by atoms with Gasteiger partial charge in [0.25, 0.3) is 0 Å². The maximum atomic E-state index is 14.2. The second-order valence-electron chi connectivity index (χ2n) is 11.1. The number of esters is 1. The van der Waals surface area contributed by atoms with Crippen LogP contribution in [0.3, 0.4) is 0 Å². The molecule has 3 aromatic carbocycles. The number of rotatable bonds is 8. The maximum absolute atomic E-state index is 14.2. The molecule has 3 heterocycles. The van der Waals surface area contributed by atoms with Gasteiger partial charge in [0.05, 0.1) is 38.8 Å². The van der Waals surface area contributed by atoms with Crippen molar-refractivity contribution in [1.29, 1.82) is 0 Å². The predicted molar refractivity (Wildman–Crippen MR) is 184 cm³/mol. The van der Waals surface area contributed by atoms with Gasteiger partial charge in [0, 0.05) is 36.3 Å². The van der Waals surface area contributed by atoms with E-state index in [1.54, 1.807) is 31.2 Å². The lowest BCUT2D eigenvalue weighted by Gasteiger charge is -2.31. The van der Waals surface area contributed by atoms with Crippen molar-refractivity contribution in [3.8, 4) is 0 Å². The van der Waals surface area contributed by atoms with Crippen molar-refractivity contribution in [2.45, 2.75) is 29.7 Å². The molecule has 14 heteroatoms. The highest BCUT2D eigenvalue weighted by molar-refractivity contribution is 8.00. The Balaban J connectivity index is 1.38. The van der Waals surface area contributed by atoms with Gasteiger partial charge in [0.2, 0.25) is 17.7 Å². The number of nitrogens with zero attached hydrogens (tertiary/aromatic N) is 3. The lowest BCUT2D eigenvalue weighted by atomic mass is 9.83. The molecule has 0 radical (unpaired) electrons. The number of hydrogen-bond donors (Lipinski definition) is 1. The summed E-state index contributed by atoms with van der Waals surface area (Å²) in [6.07, 6.45) is 0. The number of thiazole rings is 1. The average Bonchev–Trinajstić information content (AvgIpc) is 3.49. The molecule has 1 aromatic heterocycles. The number of halogens is 2. The van der Waals surface area contributed by atoms with E-state index in [-0.39, 0.29) is 23.0 Å². The van der Waals surface area contributed by atoms with E-state index in [1.807, 2.05) is 43.3 Å². The molecular formula is C33H28Cl2N4O6S2. The Morgan fingerprint density at radius 1 is 0.936 bits per heavy atom. The summed E-state index contributed by atoms with van der Waals surface area (Å²) in [6.45, 7) is 1.61. The van der Waals surface area contributed by atoms with E-state index in [0.717, 1.165) is 39.2 Å². The number of carbonyl (C=O) groups excluding carboxylic acids is 4. The number of carbonyl (C=O) groups is 4. The molecule has 3 atom stereocenters. The van der Waals surface area contributed by atoms with Crippen LogP contribution in [0.5, 0.6) is 0 Å². The summed E-state index contributed by atoms with van der Waals surface area (Å²) in [7, 11) is 3.83. The van der Waals surface area contributed by atoms with Crippen molar-refractivity contribution >= 4 is 87.1 Å². The van der Waals surface area contributed by atoms with E-state index in [0.29, 0.717) is 31.9 Å². The highest BCUT2D eigenvalue weighted by atomic mass is 35.5. The zero-order valence-corrected chi connectivity index (χ0v) is 28.5. The van der Waals surface area contributed by atoms with Crippen LogP contribution in [-0.4, -0.2) is 54.2 Å². The minimum absolute atomic E-state index is 0.216. The summed E-state index contributed by atoms with van der Waals surface area (Å²) in [4.78, 5) is 70.3.